The molecule has 2 atom stereocenters. The van der Waals surface area contributed by atoms with Crippen molar-refractivity contribution >= 4 is 0 Å². The van der Waals surface area contributed by atoms with E-state index in [0.29, 0.717) is 71.7 Å². The fourth-order valence-electron chi connectivity index (χ4n) is 7.96. The molecule has 0 aliphatic heterocycles. The summed E-state index contributed by atoms with van der Waals surface area (Å²) in [6.07, 6.45) is 17.4. The van der Waals surface area contributed by atoms with E-state index in [-0.39, 0.29) is 0 Å². The molecule has 6 nitrogen and oxygen atoms in total. The molecule has 0 saturated heterocycles. The lowest BCUT2D eigenvalue weighted by Gasteiger charge is -2.49. The third kappa shape index (κ3) is 10.1. The highest BCUT2D eigenvalue weighted by Gasteiger charge is 2.58. The summed E-state index contributed by atoms with van der Waals surface area (Å²) in [6, 6.07) is 27.1. The van der Waals surface area contributed by atoms with Crippen molar-refractivity contribution in [1.82, 2.24) is 0 Å². The molecule has 0 radical (unpaired) electrons. The van der Waals surface area contributed by atoms with E-state index in [2.05, 4.69) is 27.7 Å². The lowest BCUT2D eigenvalue weighted by Crippen LogP contribution is -2.53. The van der Waals surface area contributed by atoms with Crippen LogP contribution >= 0.6 is 0 Å². The highest BCUT2D eigenvalue weighted by Crippen LogP contribution is 2.58. The van der Waals surface area contributed by atoms with Gasteiger partial charge in [0.25, 0.3) is 0 Å². The fourth-order valence-corrected chi connectivity index (χ4v) is 7.96. The van der Waals surface area contributed by atoms with Gasteiger partial charge in [-0.3, -0.25) is 0 Å². The van der Waals surface area contributed by atoms with Crippen molar-refractivity contribution in [3.05, 3.63) is 107 Å². The first-order valence-corrected chi connectivity index (χ1v) is 21.9. The second kappa shape index (κ2) is 22.1. The molecular weight excluding hydrogens is 697 g/mol. The van der Waals surface area contributed by atoms with E-state index in [0.717, 1.165) is 101 Å². The van der Waals surface area contributed by atoms with Gasteiger partial charge in [-0.2, -0.15) is 0 Å². The third-order valence-electron chi connectivity index (χ3n) is 11.2. The van der Waals surface area contributed by atoms with Crippen molar-refractivity contribution in [3.63, 3.8) is 0 Å². The van der Waals surface area contributed by atoms with E-state index in [9.17, 15) is 10.2 Å². The van der Waals surface area contributed by atoms with Crippen LogP contribution in [-0.2, 0) is 11.2 Å². The molecular formula is C50H68O6. The second-order valence-electron chi connectivity index (χ2n) is 15.5. The van der Waals surface area contributed by atoms with Gasteiger partial charge in [0.05, 0.1) is 26.4 Å². The van der Waals surface area contributed by atoms with E-state index in [4.69, 9.17) is 18.9 Å². The fraction of sp³-hybridized carbons (Fsp3) is 0.520. The molecule has 0 spiro atoms. The normalized spacial score (nSPS) is 17.2. The molecule has 0 saturated carbocycles. The molecule has 2 unspecified atom stereocenters. The summed E-state index contributed by atoms with van der Waals surface area (Å²) < 4.78 is 25.7. The Morgan fingerprint density at radius 2 is 0.696 bits per heavy atom. The molecule has 1 aliphatic rings. The van der Waals surface area contributed by atoms with Crippen LogP contribution in [0.5, 0.6) is 23.0 Å². The Hall–Kier alpha value is -4.00. The van der Waals surface area contributed by atoms with E-state index in [1.807, 2.05) is 84.9 Å². The summed E-state index contributed by atoms with van der Waals surface area (Å²) in [5.41, 5.74) is 0.131. The number of hydrogen-bond donors (Lipinski definition) is 2. The van der Waals surface area contributed by atoms with Crippen molar-refractivity contribution < 1.29 is 29.2 Å². The Labute approximate surface area is 337 Å². The van der Waals surface area contributed by atoms with Crippen LogP contribution in [0.3, 0.4) is 0 Å². The minimum absolute atomic E-state index is 0.516. The number of ether oxygens (including phenoxy) is 4. The molecule has 0 fully saturated rings. The predicted molar refractivity (Wildman–Crippen MR) is 229 cm³/mol. The minimum atomic E-state index is -1.93. The zero-order chi connectivity index (χ0) is 39.6. The standard InChI is InChI=1S/C50H68O6/c1-5-9-13-21-33-53-45-31-29-39(37-47(45)55-35-23-15-11-7-3)49(51)43-27-19-17-25-41(43)42-26-18-20-28-44(42)50(49,52)40-30-32-46(54-34-22-14-10-6-2)48(38-40)56-36-24-16-12-8-4/h17-20,25-32,37-38,51-52H,5-16,21-24,33-36H2,1-4H3. The maximum Gasteiger partial charge on any atom is 0.161 e. The van der Waals surface area contributed by atoms with Crippen LogP contribution in [0.2, 0.25) is 0 Å². The third-order valence-corrected chi connectivity index (χ3v) is 11.2. The Kier molecular flexibility index (Phi) is 17.0. The van der Waals surface area contributed by atoms with Crippen molar-refractivity contribution in [1.29, 1.82) is 0 Å². The van der Waals surface area contributed by atoms with Crippen molar-refractivity contribution in [2.45, 2.75) is 142 Å². The van der Waals surface area contributed by atoms with E-state index >= 15 is 0 Å². The van der Waals surface area contributed by atoms with Crippen molar-refractivity contribution in [2.24, 2.45) is 0 Å². The van der Waals surface area contributed by atoms with Gasteiger partial charge in [-0.05, 0) is 83.3 Å². The average molecular weight is 765 g/mol. The topological polar surface area (TPSA) is 77.4 Å². The molecule has 304 valence electrons. The number of unbranched alkanes of at least 4 members (excludes halogenated alkanes) is 12. The van der Waals surface area contributed by atoms with Crippen LogP contribution in [0.25, 0.3) is 11.1 Å². The Bertz CT molecular complexity index is 1640. The number of rotatable bonds is 26. The van der Waals surface area contributed by atoms with Gasteiger partial charge in [-0.1, -0.05) is 165 Å². The van der Waals surface area contributed by atoms with E-state index < -0.39 is 11.2 Å². The summed E-state index contributed by atoms with van der Waals surface area (Å²) >= 11 is 0. The number of hydrogen-bond acceptors (Lipinski definition) is 6. The summed E-state index contributed by atoms with van der Waals surface area (Å²) in [6.45, 7) is 11.1. The zero-order valence-electron chi connectivity index (χ0n) is 34.8. The van der Waals surface area contributed by atoms with E-state index in [1.165, 1.54) is 12.8 Å². The first-order valence-electron chi connectivity index (χ1n) is 21.9. The Balaban J connectivity index is 1.63. The van der Waals surface area contributed by atoms with Gasteiger partial charge in [0.1, 0.15) is 0 Å². The molecule has 0 heterocycles. The summed E-state index contributed by atoms with van der Waals surface area (Å²) in [4.78, 5) is 0. The first kappa shape index (κ1) is 43.1. The van der Waals surface area contributed by atoms with E-state index in [1.54, 1.807) is 0 Å². The molecule has 4 aromatic rings. The number of fused-ring (bicyclic) bond motifs is 3. The van der Waals surface area contributed by atoms with Crippen LogP contribution in [0.15, 0.2) is 84.9 Å². The molecule has 4 aromatic carbocycles. The SMILES string of the molecule is CCCCCCOc1ccc(C2(O)c3ccccc3-c3ccccc3C2(O)c2ccc(OCCCCCC)c(OCCCCCC)c2)cc1OCCCCCC. The summed E-state index contributed by atoms with van der Waals surface area (Å²) in [7, 11) is 0. The maximum absolute atomic E-state index is 13.7. The predicted octanol–water partition coefficient (Wildman–Crippen LogP) is 12.7. The smallest absolute Gasteiger partial charge is 0.161 e. The van der Waals surface area contributed by atoms with Gasteiger partial charge in [0.15, 0.2) is 34.2 Å². The summed E-state index contributed by atoms with van der Waals surface area (Å²) in [5.74, 6) is 2.45. The van der Waals surface area contributed by atoms with Crippen LogP contribution in [0.4, 0.5) is 0 Å². The zero-order valence-corrected chi connectivity index (χ0v) is 34.8. The van der Waals surface area contributed by atoms with Gasteiger partial charge >= 0.3 is 0 Å². The molecule has 2 N–H and O–H groups in total. The maximum atomic E-state index is 13.7. The highest BCUT2D eigenvalue weighted by molar-refractivity contribution is 5.80. The lowest BCUT2D eigenvalue weighted by molar-refractivity contribution is -0.114. The monoisotopic (exact) mass is 765 g/mol. The number of aliphatic hydroxyl groups is 2. The van der Waals surface area contributed by atoms with Crippen molar-refractivity contribution in [2.75, 3.05) is 26.4 Å². The van der Waals surface area contributed by atoms with Gasteiger partial charge in [-0.15, -0.1) is 0 Å². The molecule has 1 aliphatic carbocycles. The van der Waals surface area contributed by atoms with Crippen LogP contribution in [0, 0.1) is 0 Å². The Morgan fingerprint density at radius 3 is 1.04 bits per heavy atom. The molecule has 0 aromatic heterocycles. The highest BCUT2D eigenvalue weighted by atomic mass is 16.5. The molecule has 0 bridgehead atoms. The molecule has 6 heteroatoms. The molecule has 56 heavy (non-hydrogen) atoms. The molecule has 0 amide bonds. The van der Waals surface area contributed by atoms with Gasteiger partial charge in [0, 0.05) is 0 Å². The largest absolute Gasteiger partial charge is 0.490 e. The van der Waals surface area contributed by atoms with Gasteiger partial charge in [-0.25, -0.2) is 0 Å². The minimum Gasteiger partial charge on any atom is -0.490 e. The number of benzene rings is 4. The quantitative estimate of drug-likeness (QED) is 0.0620. The average Bonchev–Trinajstić information content (AvgIpc) is 3.23. The van der Waals surface area contributed by atoms with Crippen LogP contribution in [0.1, 0.15) is 153 Å². The van der Waals surface area contributed by atoms with Crippen LogP contribution < -0.4 is 18.9 Å². The van der Waals surface area contributed by atoms with Gasteiger partial charge < -0.3 is 29.2 Å². The van der Waals surface area contributed by atoms with Crippen molar-refractivity contribution in [3.8, 4) is 34.1 Å². The van der Waals surface area contributed by atoms with Crippen LogP contribution in [-0.4, -0.2) is 36.6 Å². The van der Waals surface area contributed by atoms with Gasteiger partial charge in [0.2, 0.25) is 0 Å². The first-order chi connectivity index (χ1) is 27.4. The second-order valence-corrected chi connectivity index (χ2v) is 15.5. The summed E-state index contributed by atoms with van der Waals surface area (Å²) in [5, 5.41) is 27.4. The lowest BCUT2D eigenvalue weighted by atomic mass is 9.60. The Morgan fingerprint density at radius 1 is 0.375 bits per heavy atom. The molecule has 5 rings (SSSR count).